The van der Waals surface area contributed by atoms with Crippen LogP contribution < -0.4 is 14.2 Å². The van der Waals surface area contributed by atoms with E-state index < -0.39 is 82.8 Å². The molecule has 1 saturated heterocycles. The quantitative estimate of drug-likeness (QED) is 0.129. The van der Waals surface area contributed by atoms with Crippen LogP contribution in [0.5, 0.6) is 23.1 Å². The van der Waals surface area contributed by atoms with Crippen LogP contribution >= 0.6 is 0 Å². The molecule has 1 N–H and O–H groups in total. The van der Waals surface area contributed by atoms with Gasteiger partial charge in [-0.05, 0) is 133 Å². The molecule has 0 spiro atoms. The Morgan fingerprint density at radius 3 is 1.71 bits per heavy atom. The highest BCUT2D eigenvalue weighted by molar-refractivity contribution is 5.78. The number of esters is 4. The number of hydrogen-bond acceptors (Lipinski definition) is 14. The third kappa shape index (κ3) is 12.0. The Labute approximate surface area is 365 Å². The van der Waals surface area contributed by atoms with Crippen LogP contribution in [-0.2, 0) is 49.3 Å². The topological polar surface area (TPSA) is 180 Å². The highest BCUT2D eigenvalue weighted by atomic mass is 16.7. The van der Waals surface area contributed by atoms with Crippen molar-refractivity contribution in [3.05, 3.63) is 53.6 Å². The van der Waals surface area contributed by atoms with E-state index in [1.807, 2.05) is 38.1 Å². The first kappa shape index (κ1) is 49.3. The molecule has 1 unspecified atom stereocenters. The second-order valence-electron chi connectivity index (χ2n) is 19.9. The molecule has 1 aromatic heterocycles. The van der Waals surface area contributed by atoms with E-state index in [-0.39, 0.29) is 24.1 Å². The predicted molar refractivity (Wildman–Crippen MR) is 230 cm³/mol. The summed E-state index contributed by atoms with van der Waals surface area (Å²) in [6, 6.07) is 12.0. The Kier molecular flexibility index (Phi) is 15.1. The van der Waals surface area contributed by atoms with Crippen LogP contribution in [0.25, 0.3) is 11.3 Å². The molecule has 2 aromatic carbocycles. The third-order valence-corrected chi connectivity index (χ3v) is 9.84. The molecule has 1 aliphatic rings. The summed E-state index contributed by atoms with van der Waals surface area (Å²) in [4.78, 5) is 54.8. The zero-order chi connectivity index (χ0) is 46.7. The number of carbonyl (C=O) groups excluding carboxylic acids is 4. The van der Waals surface area contributed by atoms with Crippen LogP contribution in [0.2, 0.25) is 0 Å². The summed E-state index contributed by atoms with van der Waals surface area (Å²) in [6.07, 6.45) is -7.31. The van der Waals surface area contributed by atoms with Gasteiger partial charge in [-0.1, -0.05) is 6.07 Å². The summed E-state index contributed by atoms with van der Waals surface area (Å²) in [7, 11) is 3.07. The molecule has 0 saturated carbocycles. The number of rotatable bonds is 13. The van der Waals surface area contributed by atoms with Crippen molar-refractivity contribution < 1.29 is 62.2 Å². The van der Waals surface area contributed by atoms with Crippen molar-refractivity contribution in [2.45, 2.75) is 140 Å². The van der Waals surface area contributed by atoms with Gasteiger partial charge in [0.2, 0.25) is 18.3 Å². The van der Waals surface area contributed by atoms with Crippen molar-refractivity contribution in [2.75, 3.05) is 20.8 Å². The number of phenols is 1. The molecule has 0 bridgehead atoms. The number of aromatic hydroxyl groups is 1. The first-order valence-electron chi connectivity index (χ1n) is 20.8. The van der Waals surface area contributed by atoms with Crippen LogP contribution in [0.4, 0.5) is 0 Å². The summed E-state index contributed by atoms with van der Waals surface area (Å²) in [5, 5.41) is 15.3. The van der Waals surface area contributed by atoms with Crippen LogP contribution in [0.3, 0.4) is 0 Å². The monoisotopic (exact) mass is 866 g/mol. The number of benzene rings is 2. The molecule has 15 nitrogen and oxygen atoms in total. The Balaban J connectivity index is 2.03. The standard InChI is InChI=1S/C47H66N2O13/c1-26(2)49-34(27-18-21-30(55-15)22-19-27)31(23-28-17-20-29(50)24-32(28)56-16)38(48-49)62-39-37(61-43(54)47(12,13)14)36(60-42(53)46(9,10)11)35(59-41(52)45(6,7)8)33(58-39)25-57-40(51)44(3,4)5/h17-22,24,26,33,35-37,39,50H,23,25H2,1-16H3/t33-,35-,36+,37-,39?/m1/s1. The molecule has 1 aliphatic heterocycles. The lowest BCUT2D eigenvalue weighted by molar-refractivity contribution is -0.294. The fraction of sp³-hybridized carbons (Fsp3) is 0.596. The number of carbonyl (C=O) groups is 4. The normalized spacial score (nSPS) is 19.7. The highest BCUT2D eigenvalue weighted by Crippen LogP contribution is 2.41. The molecule has 15 heteroatoms. The van der Waals surface area contributed by atoms with Crippen molar-refractivity contribution in [3.63, 3.8) is 0 Å². The van der Waals surface area contributed by atoms with Crippen molar-refractivity contribution in [2.24, 2.45) is 21.7 Å². The fourth-order valence-corrected chi connectivity index (χ4v) is 6.10. The summed E-state index contributed by atoms with van der Waals surface area (Å²) in [6.45, 7) is 23.4. The summed E-state index contributed by atoms with van der Waals surface area (Å²) in [5.41, 5.74) is -1.45. The fourth-order valence-electron chi connectivity index (χ4n) is 6.10. The second kappa shape index (κ2) is 19.0. The maximum Gasteiger partial charge on any atom is 0.311 e. The molecule has 0 radical (unpaired) electrons. The van der Waals surface area contributed by atoms with Gasteiger partial charge in [0.1, 0.15) is 30.0 Å². The van der Waals surface area contributed by atoms with Gasteiger partial charge in [0, 0.05) is 29.7 Å². The van der Waals surface area contributed by atoms with Gasteiger partial charge in [0.25, 0.3) is 0 Å². The number of methoxy groups -OCH3 is 2. The van der Waals surface area contributed by atoms with Crippen molar-refractivity contribution in [1.82, 2.24) is 9.78 Å². The Hall–Kier alpha value is -5.31. The Bertz CT molecular complexity index is 2060. The zero-order valence-electron chi connectivity index (χ0n) is 39.2. The van der Waals surface area contributed by atoms with E-state index in [1.54, 1.807) is 107 Å². The molecule has 0 amide bonds. The third-order valence-electron chi connectivity index (χ3n) is 9.84. The smallest absolute Gasteiger partial charge is 0.311 e. The van der Waals surface area contributed by atoms with E-state index in [4.69, 9.17) is 43.0 Å². The Morgan fingerprint density at radius 2 is 1.23 bits per heavy atom. The van der Waals surface area contributed by atoms with Crippen LogP contribution in [0, 0.1) is 21.7 Å². The van der Waals surface area contributed by atoms with Crippen molar-refractivity contribution >= 4 is 23.9 Å². The van der Waals surface area contributed by atoms with E-state index in [2.05, 4.69) is 0 Å². The van der Waals surface area contributed by atoms with Gasteiger partial charge in [-0.2, -0.15) is 0 Å². The first-order valence-corrected chi connectivity index (χ1v) is 20.8. The van der Waals surface area contributed by atoms with E-state index in [0.717, 1.165) is 5.56 Å². The van der Waals surface area contributed by atoms with Gasteiger partial charge in [0.15, 0.2) is 12.2 Å². The second-order valence-corrected chi connectivity index (χ2v) is 19.9. The lowest BCUT2D eigenvalue weighted by atomic mass is 9.93. The Morgan fingerprint density at radius 1 is 0.710 bits per heavy atom. The van der Waals surface area contributed by atoms with E-state index in [1.165, 1.54) is 13.2 Å². The van der Waals surface area contributed by atoms with Gasteiger partial charge in [-0.3, -0.25) is 23.9 Å². The number of ether oxygens (including phenoxy) is 8. The van der Waals surface area contributed by atoms with E-state index in [0.29, 0.717) is 28.3 Å². The number of nitrogens with zero attached hydrogens (tertiary/aromatic N) is 2. The molecular weight excluding hydrogens is 801 g/mol. The predicted octanol–water partition coefficient (Wildman–Crippen LogP) is 8.01. The molecule has 342 valence electrons. The summed E-state index contributed by atoms with van der Waals surface area (Å²) >= 11 is 0. The lowest BCUT2D eigenvalue weighted by Gasteiger charge is -2.45. The number of hydrogen-bond donors (Lipinski definition) is 1. The molecule has 2 heterocycles. The largest absolute Gasteiger partial charge is 0.508 e. The minimum atomic E-state index is -1.60. The van der Waals surface area contributed by atoms with Crippen molar-refractivity contribution in [1.29, 1.82) is 0 Å². The highest BCUT2D eigenvalue weighted by Gasteiger charge is 2.56. The van der Waals surface area contributed by atoms with Gasteiger partial charge in [-0.15, -0.1) is 5.10 Å². The van der Waals surface area contributed by atoms with Gasteiger partial charge >= 0.3 is 23.9 Å². The average Bonchev–Trinajstić information content (AvgIpc) is 3.52. The van der Waals surface area contributed by atoms with Gasteiger partial charge < -0.3 is 43.0 Å². The summed E-state index contributed by atoms with van der Waals surface area (Å²) in [5.74, 6) is -1.56. The molecule has 62 heavy (non-hydrogen) atoms. The molecule has 1 fully saturated rings. The van der Waals surface area contributed by atoms with Crippen molar-refractivity contribution in [3.8, 4) is 34.4 Å². The maximum absolute atomic E-state index is 13.9. The van der Waals surface area contributed by atoms with E-state index >= 15 is 0 Å². The molecule has 4 rings (SSSR count). The van der Waals surface area contributed by atoms with Gasteiger partial charge in [0.05, 0.1) is 41.6 Å². The lowest BCUT2D eigenvalue weighted by Crippen LogP contribution is -2.65. The SMILES string of the molecule is COc1ccc(-c2c(Cc3ccc(O)cc3OC)c(OC3O[C@H](COC(=O)C(C)(C)C)[C@@H](OC(=O)C(C)(C)C)[C@H](OC(=O)C(C)(C)C)[C@H]3OC(=O)C(C)(C)C)nn2C(C)C)cc1. The van der Waals surface area contributed by atoms with Crippen LogP contribution in [-0.4, -0.2) is 90.3 Å². The molecule has 0 aliphatic carbocycles. The first-order chi connectivity index (χ1) is 28.6. The van der Waals surface area contributed by atoms with Crippen LogP contribution in [0.1, 0.15) is 114 Å². The number of aromatic nitrogens is 2. The molecule has 5 atom stereocenters. The van der Waals surface area contributed by atoms with E-state index in [9.17, 15) is 24.3 Å². The maximum atomic E-state index is 13.9. The minimum absolute atomic E-state index is 0.00482. The molecular formula is C47H66N2O13. The summed E-state index contributed by atoms with van der Waals surface area (Å²) < 4.78 is 50.8. The molecule has 3 aromatic rings. The van der Waals surface area contributed by atoms with Crippen LogP contribution in [0.15, 0.2) is 42.5 Å². The van der Waals surface area contributed by atoms with Gasteiger partial charge in [-0.25, -0.2) is 0 Å². The number of phenolic OH excluding ortho intramolecular Hbond substituents is 1. The average molecular weight is 867 g/mol. The minimum Gasteiger partial charge on any atom is -0.508 e. The zero-order valence-corrected chi connectivity index (χ0v) is 39.2.